The zero-order chi connectivity index (χ0) is 23.0. The van der Waals surface area contributed by atoms with Crippen LogP contribution in [0.5, 0.6) is 0 Å². The van der Waals surface area contributed by atoms with Crippen LogP contribution in [0, 0.1) is 11.5 Å². The van der Waals surface area contributed by atoms with Crippen LogP contribution in [0.4, 0.5) is 11.4 Å². The first-order chi connectivity index (χ1) is 16.1. The van der Waals surface area contributed by atoms with Gasteiger partial charge in [0.05, 0.1) is 6.04 Å². The highest BCUT2D eigenvalue weighted by Crippen LogP contribution is 2.19. The quantitative estimate of drug-likeness (QED) is 0.241. The molecular formula is C27H25ClN4O2. The molecule has 3 N–H and O–H groups in total. The van der Waals surface area contributed by atoms with E-state index in [-0.39, 0.29) is 36.3 Å². The van der Waals surface area contributed by atoms with Crippen molar-refractivity contribution in [3.05, 3.63) is 108 Å². The second-order valence-electron chi connectivity index (χ2n) is 7.94. The van der Waals surface area contributed by atoms with Gasteiger partial charge < -0.3 is 23.0 Å². The Labute approximate surface area is 205 Å². The van der Waals surface area contributed by atoms with Crippen LogP contribution in [0.3, 0.4) is 0 Å². The first-order valence-corrected chi connectivity index (χ1v) is 10.9. The molecule has 0 saturated carbocycles. The van der Waals surface area contributed by atoms with E-state index in [1.807, 2.05) is 54.6 Å². The molecule has 3 aromatic carbocycles. The first kappa shape index (κ1) is 24.7. The Kier molecular flexibility index (Phi) is 8.58. The van der Waals surface area contributed by atoms with Gasteiger partial charge in [-0.05, 0) is 48.9 Å². The number of nitrogens with one attached hydrogen (secondary N) is 1. The number of anilines is 1. The third-order valence-electron chi connectivity index (χ3n) is 5.67. The van der Waals surface area contributed by atoms with Crippen LogP contribution in [-0.2, 0) is 0 Å². The highest BCUT2D eigenvalue weighted by molar-refractivity contribution is 6.04. The standard InChI is InChI=1S/C27H24N4O2.ClH/c28-19-31(27(33)21-9-5-2-6-10-21)25-17-15-23(16-18-25)29-22-11-13-24(14-12-22)30-26(32)20-7-3-1-4-8-20;/h1-15,17,23,25,29H,16,18H2,(H,30,32);1H. The van der Waals surface area contributed by atoms with E-state index in [2.05, 4.69) is 22.9 Å². The Bertz CT molecular complexity index is 1170. The van der Waals surface area contributed by atoms with E-state index in [1.165, 1.54) is 4.90 Å². The lowest BCUT2D eigenvalue weighted by Gasteiger charge is -2.27. The van der Waals surface area contributed by atoms with Crippen molar-refractivity contribution in [1.29, 1.82) is 5.26 Å². The van der Waals surface area contributed by atoms with Gasteiger partial charge in [-0.3, -0.25) is 9.59 Å². The molecule has 1 aliphatic carbocycles. The highest BCUT2D eigenvalue weighted by atomic mass is 35.5. The van der Waals surface area contributed by atoms with E-state index < -0.39 is 0 Å². The Hall–Kier alpha value is -3.92. The molecule has 0 aliphatic heterocycles. The van der Waals surface area contributed by atoms with Gasteiger partial charge in [0.15, 0.2) is 6.19 Å². The first-order valence-electron chi connectivity index (χ1n) is 10.9. The molecule has 0 fully saturated rings. The van der Waals surface area contributed by atoms with Crippen molar-refractivity contribution >= 4 is 23.2 Å². The number of halogens is 1. The lowest BCUT2D eigenvalue weighted by Crippen LogP contribution is -3.00. The molecule has 172 valence electrons. The van der Waals surface area contributed by atoms with Crippen molar-refractivity contribution < 1.29 is 27.3 Å². The smallest absolute Gasteiger partial charge is 0.267 e. The van der Waals surface area contributed by atoms with Gasteiger partial charge in [0.1, 0.15) is 11.7 Å². The number of nitrogens with two attached hydrogens (primary N) is 1. The van der Waals surface area contributed by atoms with Gasteiger partial charge in [-0.25, -0.2) is 4.90 Å². The number of amides is 2. The van der Waals surface area contributed by atoms with Crippen molar-refractivity contribution in [1.82, 2.24) is 4.90 Å². The third-order valence-corrected chi connectivity index (χ3v) is 5.67. The number of benzene rings is 3. The molecule has 0 spiro atoms. The van der Waals surface area contributed by atoms with Crippen LogP contribution < -0.4 is 23.0 Å². The summed E-state index contributed by atoms with van der Waals surface area (Å²) in [6.45, 7) is 0. The maximum atomic E-state index is 12.7. The number of hydrogen-bond donors (Lipinski definition) is 2. The maximum absolute atomic E-state index is 12.7. The van der Waals surface area contributed by atoms with Crippen LogP contribution in [0.25, 0.3) is 0 Å². The lowest BCUT2D eigenvalue weighted by molar-refractivity contribution is -0.600. The SMILES string of the molecule is N#CN(C(=O)c1ccccc1)C1C=CC([NH2+]c2ccc(NC(=O)c3ccccc3)cc2)CC1.[Cl-]. The fourth-order valence-corrected chi connectivity index (χ4v) is 3.89. The number of rotatable bonds is 6. The van der Waals surface area contributed by atoms with Crippen LogP contribution in [0.1, 0.15) is 33.6 Å². The van der Waals surface area contributed by atoms with Crippen molar-refractivity contribution in [2.45, 2.75) is 24.9 Å². The number of nitriles is 1. The normalized spacial score (nSPS) is 16.6. The van der Waals surface area contributed by atoms with Gasteiger partial charge in [-0.15, -0.1) is 0 Å². The van der Waals surface area contributed by atoms with Crippen LogP contribution in [-0.4, -0.2) is 28.8 Å². The number of hydrogen-bond acceptors (Lipinski definition) is 3. The van der Waals surface area contributed by atoms with E-state index >= 15 is 0 Å². The van der Waals surface area contributed by atoms with Crippen LogP contribution >= 0.6 is 0 Å². The van der Waals surface area contributed by atoms with Crippen LogP contribution in [0.15, 0.2) is 97.1 Å². The predicted octanol–water partition coefficient (Wildman–Crippen LogP) is 0.848. The summed E-state index contributed by atoms with van der Waals surface area (Å²) in [4.78, 5) is 26.2. The molecule has 34 heavy (non-hydrogen) atoms. The number of nitrogens with zero attached hydrogens (tertiary/aromatic N) is 2. The number of quaternary nitrogens is 1. The minimum Gasteiger partial charge on any atom is -1.00 e. The third kappa shape index (κ3) is 6.10. The van der Waals surface area contributed by atoms with Crippen molar-refractivity contribution in [2.75, 3.05) is 5.32 Å². The second kappa shape index (κ2) is 11.8. The van der Waals surface area contributed by atoms with Gasteiger partial charge in [0.2, 0.25) is 0 Å². The number of carbonyl (C=O) groups is 2. The number of carbonyl (C=O) groups excluding carboxylic acids is 2. The molecule has 2 atom stereocenters. The minimum absolute atomic E-state index is 0. The summed E-state index contributed by atoms with van der Waals surface area (Å²) in [6, 6.07) is 25.7. The summed E-state index contributed by atoms with van der Waals surface area (Å²) in [5, 5.41) is 14.6. The molecule has 2 amide bonds. The second-order valence-corrected chi connectivity index (χ2v) is 7.94. The summed E-state index contributed by atoms with van der Waals surface area (Å²) in [6.07, 6.45) is 7.62. The van der Waals surface area contributed by atoms with E-state index in [0.29, 0.717) is 11.1 Å². The van der Waals surface area contributed by atoms with Gasteiger partial charge in [-0.1, -0.05) is 42.5 Å². The molecule has 4 rings (SSSR count). The van der Waals surface area contributed by atoms with Gasteiger partial charge in [-0.2, -0.15) is 5.26 Å². The summed E-state index contributed by atoms with van der Waals surface area (Å²) < 4.78 is 0. The largest absolute Gasteiger partial charge is 1.00 e. The Morgan fingerprint density at radius 3 is 2.03 bits per heavy atom. The zero-order valence-electron chi connectivity index (χ0n) is 18.5. The molecule has 7 heteroatoms. The Morgan fingerprint density at radius 1 is 0.853 bits per heavy atom. The van der Waals surface area contributed by atoms with Crippen LogP contribution in [0.2, 0.25) is 0 Å². The van der Waals surface area contributed by atoms with Gasteiger partial charge in [0, 0.05) is 35.4 Å². The van der Waals surface area contributed by atoms with E-state index in [0.717, 1.165) is 24.2 Å². The molecule has 0 radical (unpaired) electrons. The molecule has 2 unspecified atom stereocenters. The highest BCUT2D eigenvalue weighted by Gasteiger charge is 2.27. The van der Waals surface area contributed by atoms with E-state index in [4.69, 9.17) is 0 Å². The molecular weight excluding hydrogens is 448 g/mol. The fraction of sp³-hybridized carbons (Fsp3) is 0.148. The Balaban J connectivity index is 0.00000324. The molecule has 1 aliphatic rings. The van der Waals surface area contributed by atoms with Gasteiger partial charge in [0.25, 0.3) is 11.8 Å². The predicted molar refractivity (Wildman–Crippen MR) is 127 cm³/mol. The minimum atomic E-state index is -0.275. The fourth-order valence-electron chi connectivity index (χ4n) is 3.89. The monoisotopic (exact) mass is 472 g/mol. The topological polar surface area (TPSA) is 89.8 Å². The molecule has 0 bridgehead atoms. The molecule has 0 heterocycles. The lowest BCUT2D eigenvalue weighted by atomic mass is 9.96. The summed E-state index contributed by atoms with van der Waals surface area (Å²) >= 11 is 0. The summed E-state index contributed by atoms with van der Waals surface area (Å²) in [7, 11) is 0. The molecule has 0 aromatic heterocycles. The van der Waals surface area contributed by atoms with Crippen molar-refractivity contribution in [3.8, 4) is 6.19 Å². The zero-order valence-corrected chi connectivity index (χ0v) is 19.2. The average Bonchev–Trinajstić information content (AvgIpc) is 2.87. The van der Waals surface area contributed by atoms with Crippen molar-refractivity contribution in [3.63, 3.8) is 0 Å². The summed E-state index contributed by atoms with van der Waals surface area (Å²) in [5.41, 5.74) is 2.93. The molecule has 3 aromatic rings. The Morgan fingerprint density at radius 2 is 1.47 bits per heavy atom. The van der Waals surface area contributed by atoms with Crippen molar-refractivity contribution in [2.24, 2.45) is 0 Å². The molecule has 6 nitrogen and oxygen atoms in total. The van der Waals surface area contributed by atoms with E-state index in [1.54, 1.807) is 36.4 Å². The average molecular weight is 473 g/mol. The van der Waals surface area contributed by atoms with E-state index in [9.17, 15) is 14.9 Å². The molecule has 0 saturated heterocycles. The van der Waals surface area contributed by atoms with Gasteiger partial charge >= 0.3 is 0 Å². The summed E-state index contributed by atoms with van der Waals surface area (Å²) in [5.74, 6) is -0.413. The maximum Gasteiger partial charge on any atom is 0.267 e.